The zero-order valence-corrected chi connectivity index (χ0v) is 36.6. The van der Waals surface area contributed by atoms with Crippen molar-refractivity contribution in [3.63, 3.8) is 0 Å². The molecule has 14 rings (SSSR count). The van der Waals surface area contributed by atoms with Gasteiger partial charge in [-0.15, -0.1) is 0 Å². The molecule has 67 heavy (non-hydrogen) atoms. The second-order valence-electron chi connectivity index (χ2n) is 17.9. The fourth-order valence-corrected chi connectivity index (χ4v) is 11.5. The van der Waals surface area contributed by atoms with Crippen LogP contribution in [0.3, 0.4) is 0 Å². The monoisotopic (exact) mass is 847 g/mol. The molecule has 14 aromatic rings. The Kier molecular flexibility index (Phi) is 8.35. The smallest absolute Gasteiger partial charge is 0.0541 e. The Morgan fingerprint density at radius 2 is 0.522 bits per heavy atom. The van der Waals surface area contributed by atoms with E-state index in [-0.39, 0.29) is 0 Å². The third-order valence-corrected chi connectivity index (χ3v) is 14.3. The third kappa shape index (κ3) is 5.68. The molecule has 1 nitrogen and oxygen atoms in total. The van der Waals surface area contributed by atoms with E-state index >= 15 is 0 Å². The molecule has 0 bridgehead atoms. The first-order valence-electron chi connectivity index (χ1n) is 23.3. The lowest BCUT2D eigenvalue weighted by molar-refractivity contribution is 1.18. The van der Waals surface area contributed by atoms with Gasteiger partial charge in [0.2, 0.25) is 0 Å². The molecule has 13 aromatic carbocycles. The molecule has 0 amide bonds. The van der Waals surface area contributed by atoms with Crippen LogP contribution in [0, 0.1) is 0 Å². The van der Waals surface area contributed by atoms with Crippen molar-refractivity contribution >= 4 is 86.4 Å². The molecule has 0 aliphatic carbocycles. The lowest BCUT2D eigenvalue weighted by atomic mass is 9.84. The number of hydrogen-bond acceptors (Lipinski definition) is 0. The largest absolute Gasteiger partial charge is 0.309 e. The van der Waals surface area contributed by atoms with E-state index in [1.165, 1.54) is 131 Å². The van der Waals surface area contributed by atoms with Gasteiger partial charge >= 0.3 is 0 Å². The van der Waals surface area contributed by atoms with Crippen molar-refractivity contribution in [1.82, 2.24) is 4.57 Å². The van der Waals surface area contributed by atoms with Crippen LogP contribution >= 0.6 is 0 Å². The van der Waals surface area contributed by atoms with Crippen LogP contribution in [-0.2, 0) is 0 Å². The molecule has 0 unspecified atom stereocenters. The maximum absolute atomic E-state index is 2.46. The molecule has 0 N–H and O–H groups in total. The van der Waals surface area contributed by atoms with Crippen LogP contribution in [0.2, 0.25) is 0 Å². The predicted molar refractivity (Wildman–Crippen MR) is 288 cm³/mol. The van der Waals surface area contributed by atoms with E-state index in [0.717, 1.165) is 5.69 Å². The van der Waals surface area contributed by atoms with Gasteiger partial charge in [-0.2, -0.15) is 0 Å². The normalized spacial score (nSPS) is 11.9. The van der Waals surface area contributed by atoms with Crippen LogP contribution < -0.4 is 0 Å². The van der Waals surface area contributed by atoms with E-state index in [4.69, 9.17) is 0 Å². The molecule has 0 saturated carbocycles. The predicted octanol–water partition coefficient (Wildman–Crippen LogP) is 18.4. The van der Waals surface area contributed by atoms with Gasteiger partial charge in [0.1, 0.15) is 0 Å². The average molecular weight is 848 g/mol. The molecule has 310 valence electrons. The number of para-hydroxylation sites is 1. The minimum absolute atomic E-state index is 1.15. The van der Waals surface area contributed by atoms with E-state index in [0.29, 0.717) is 0 Å². The molecule has 0 radical (unpaired) electrons. The molecule has 0 fully saturated rings. The minimum atomic E-state index is 1.15. The molecule has 1 heterocycles. The number of fused-ring (bicyclic) bond motifs is 9. The van der Waals surface area contributed by atoms with Crippen molar-refractivity contribution in [1.29, 1.82) is 0 Å². The number of aromatic nitrogens is 1. The average Bonchev–Trinajstić information content (AvgIpc) is 3.72. The van der Waals surface area contributed by atoms with E-state index in [2.05, 4.69) is 253 Å². The topological polar surface area (TPSA) is 4.93 Å². The molecule has 0 aliphatic rings. The van der Waals surface area contributed by atoms with E-state index in [1.807, 2.05) is 0 Å². The summed E-state index contributed by atoms with van der Waals surface area (Å²) in [5.74, 6) is 0. The molecular weight excluding hydrogens is 807 g/mol. The van der Waals surface area contributed by atoms with Gasteiger partial charge in [-0.1, -0.05) is 212 Å². The Balaban J connectivity index is 1.05. The van der Waals surface area contributed by atoms with Gasteiger partial charge in [-0.05, 0) is 146 Å². The SMILES string of the molecule is c1ccc(-n2c3ccc(-c4c5ccccc5c(-c5cccc6ccccc56)c5ccccc45)cc3c3cc(-c4c5ccccc5c(-c5cccc6ccccc56)c5ccccc45)ccc32)cc1. The minimum Gasteiger partial charge on any atom is -0.309 e. The lowest BCUT2D eigenvalue weighted by Crippen LogP contribution is -1.94. The van der Waals surface area contributed by atoms with E-state index in [9.17, 15) is 0 Å². The fraction of sp³-hybridized carbons (Fsp3) is 0. The summed E-state index contributed by atoms with van der Waals surface area (Å²) in [5.41, 5.74) is 13.5. The Morgan fingerprint density at radius 1 is 0.209 bits per heavy atom. The van der Waals surface area contributed by atoms with Crippen molar-refractivity contribution in [2.75, 3.05) is 0 Å². The number of rotatable bonds is 5. The maximum atomic E-state index is 2.46. The zero-order chi connectivity index (χ0) is 44.0. The summed E-state index contributed by atoms with van der Waals surface area (Å²) in [4.78, 5) is 0. The number of hydrogen-bond donors (Lipinski definition) is 0. The first kappa shape index (κ1) is 37.6. The molecule has 0 aliphatic heterocycles. The van der Waals surface area contributed by atoms with E-state index in [1.54, 1.807) is 0 Å². The Bertz CT molecular complexity index is 3940. The highest BCUT2D eigenvalue weighted by atomic mass is 15.0. The van der Waals surface area contributed by atoms with Gasteiger partial charge in [0.25, 0.3) is 0 Å². The van der Waals surface area contributed by atoms with Crippen LogP contribution in [0.1, 0.15) is 0 Å². The standard InChI is InChI=1S/C66H41N/c1-2-22-46(23-3-1)67-61-38-36-44(63-51-26-8-12-30-55(51)65(56-31-13-9-27-52(56)63)49-34-16-20-42-18-4-6-24-47(42)49)40-59(61)60-41-45(37-39-62(60)67)64-53-28-10-14-32-57(53)66(58-33-15-11-29-54(58)64)50-35-17-21-43-19-5-7-25-48(43)50/h1-41H. The van der Waals surface area contributed by atoms with Gasteiger partial charge in [0.05, 0.1) is 11.0 Å². The van der Waals surface area contributed by atoms with Gasteiger partial charge in [-0.25, -0.2) is 0 Å². The highest BCUT2D eigenvalue weighted by molar-refractivity contribution is 6.26. The summed E-state index contributed by atoms with van der Waals surface area (Å²) in [5, 5.41) is 17.5. The zero-order valence-electron chi connectivity index (χ0n) is 36.6. The summed E-state index contributed by atoms with van der Waals surface area (Å²) in [6.07, 6.45) is 0. The van der Waals surface area contributed by atoms with Gasteiger partial charge in [-0.3, -0.25) is 0 Å². The second kappa shape index (κ2) is 14.9. The number of nitrogens with zero attached hydrogens (tertiary/aromatic N) is 1. The molecule has 0 spiro atoms. The number of benzene rings is 13. The van der Waals surface area contributed by atoms with Crippen LogP contribution in [0.15, 0.2) is 249 Å². The van der Waals surface area contributed by atoms with E-state index < -0.39 is 0 Å². The molecule has 0 atom stereocenters. The Hall–Kier alpha value is -8.78. The van der Waals surface area contributed by atoms with Crippen molar-refractivity contribution in [2.45, 2.75) is 0 Å². The molecule has 0 saturated heterocycles. The summed E-state index contributed by atoms with van der Waals surface area (Å²) in [6, 6.07) is 92.2. The molecular formula is C66H41N. The first-order chi connectivity index (χ1) is 33.3. The highest BCUT2D eigenvalue weighted by Crippen LogP contribution is 2.49. The summed E-state index contributed by atoms with van der Waals surface area (Å²) < 4.78 is 2.44. The third-order valence-electron chi connectivity index (χ3n) is 14.3. The van der Waals surface area contributed by atoms with Crippen LogP contribution in [-0.4, -0.2) is 4.57 Å². The molecule has 1 aromatic heterocycles. The van der Waals surface area contributed by atoms with Crippen LogP contribution in [0.25, 0.3) is 137 Å². The second-order valence-corrected chi connectivity index (χ2v) is 17.9. The van der Waals surface area contributed by atoms with Crippen molar-refractivity contribution in [3.8, 4) is 50.2 Å². The van der Waals surface area contributed by atoms with Crippen LogP contribution in [0.5, 0.6) is 0 Å². The summed E-state index contributed by atoms with van der Waals surface area (Å²) >= 11 is 0. The fourth-order valence-electron chi connectivity index (χ4n) is 11.5. The summed E-state index contributed by atoms with van der Waals surface area (Å²) in [7, 11) is 0. The highest BCUT2D eigenvalue weighted by Gasteiger charge is 2.22. The lowest BCUT2D eigenvalue weighted by Gasteiger charge is -2.19. The Morgan fingerprint density at radius 3 is 0.910 bits per heavy atom. The van der Waals surface area contributed by atoms with Crippen molar-refractivity contribution < 1.29 is 0 Å². The quantitative estimate of drug-likeness (QED) is 0.152. The first-order valence-corrected chi connectivity index (χ1v) is 23.3. The molecule has 1 heteroatoms. The van der Waals surface area contributed by atoms with Crippen molar-refractivity contribution in [2.24, 2.45) is 0 Å². The van der Waals surface area contributed by atoms with Gasteiger partial charge in [0.15, 0.2) is 0 Å². The maximum Gasteiger partial charge on any atom is 0.0541 e. The van der Waals surface area contributed by atoms with Crippen LogP contribution in [0.4, 0.5) is 0 Å². The van der Waals surface area contributed by atoms with Crippen molar-refractivity contribution in [3.05, 3.63) is 249 Å². The Labute approximate surface area is 388 Å². The van der Waals surface area contributed by atoms with Gasteiger partial charge < -0.3 is 4.57 Å². The summed E-state index contributed by atoms with van der Waals surface area (Å²) in [6.45, 7) is 0. The van der Waals surface area contributed by atoms with Gasteiger partial charge in [0, 0.05) is 16.5 Å².